The molecule has 4 heteroatoms. The monoisotopic (exact) mass is 233 g/mol. The normalized spacial score (nSPS) is 24.5. The van der Waals surface area contributed by atoms with E-state index in [2.05, 4.69) is 29.3 Å². The van der Waals surface area contributed by atoms with Crippen molar-refractivity contribution in [2.45, 2.75) is 19.4 Å². The highest BCUT2D eigenvalue weighted by Crippen LogP contribution is 2.24. The Bertz CT molecular complexity index is 402. The second-order valence-electron chi connectivity index (χ2n) is 4.85. The highest BCUT2D eigenvalue weighted by molar-refractivity contribution is 5.43. The Morgan fingerprint density at radius 3 is 3.00 bits per heavy atom. The van der Waals surface area contributed by atoms with E-state index >= 15 is 0 Å². The summed E-state index contributed by atoms with van der Waals surface area (Å²) in [7, 11) is 0. The second kappa shape index (κ2) is 4.63. The van der Waals surface area contributed by atoms with Gasteiger partial charge >= 0.3 is 0 Å². The van der Waals surface area contributed by atoms with Crippen molar-refractivity contribution in [1.82, 2.24) is 10.3 Å². The molecule has 1 aromatic rings. The van der Waals surface area contributed by atoms with Crippen LogP contribution in [0.2, 0.25) is 0 Å². The summed E-state index contributed by atoms with van der Waals surface area (Å²) in [5, 5.41) is 3.42. The average Bonchev–Trinajstić information content (AvgIpc) is 2.40. The van der Waals surface area contributed by atoms with E-state index in [1.807, 2.05) is 0 Å². The Labute approximate surface area is 102 Å². The maximum atomic E-state index is 5.38. The SMILES string of the molecule is C[C@H]1CNCc2ccc(N3CCOCC3)nc21. The first-order valence-electron chi connectivity index (χ1n) is 6.38. The van der Waals surface area contributed by atoms with Crippen LogP contribution in [0.15, 0.2) is 12.1 Å². The first kappa shape index (κ1) is 11.0. The Balaban J connectivity index is 1.88. The molecule has 0 saturated carbocycles. The molecular weight excluding hydrogens is 214 g/mol. The lowest BCUT2D eigenvalue weighted by molar-refractivity contribution is 0.122. The number of ether oxygens (including phenoxy) is 1. The second-order valence-corrected chi connectivity index (χ2v) is 4.85. The van der Waals surface area contributed by atoms with Crippen molar-refractivity contribution in [1.29, 1.82) is 0 Å². The maximum absolute atomic E-state index is 5.38. The molecule has 0 amide bonds. The molecule has 1 N–H and O–H groups in total. The zero-order valence-corrected chi connectivity index (χ0v) is 10.3. The summed E-state index contributed by atoms with van der Waals surface area (Å²) >= 11 is 0. The quantitative estimate of drug-likeness (QED) is 0.789. The van der Waals surface area contributed by atoms with Gasteiger partial charge in [-0.15, -0.1) is 0 Å². The van der Waals surface area contributed by atoms with Gasteiger partial charge in [0.05, 0.1) is 18.9 Å². The van der Waals surface area contributed by atoms with Crippen molar-refractivity contribution in [3.63, 3.8) is 0 Å². The summed E-state index contributed by atoms with van der Waals surface area (Å²) in [6.45, 7) is 7.77. The molecule has 0 aliphatic carbocycles. The predicted octanol–water partition coefficient (Wildman–Crippen LogP) is 1.12. The van der Waals surface area contributed by atoms with Crippen LogP contribution < -0.4 is 10.2 Å². The third-order valence-electron chi connectivity index (χ3n) is 3.57. The van der Waals surface area contributed by atoms with E-state index in [1.54, 1.807) is 0 Å². The number of rotatable bonds is 1. The molecule has 1 atom stereocenters. The van der Waals surface area contributed by atoms with Gasteiger partial charge < -0.3 is 15.0 Å². The molecule has 0 aromatic carbocycles. The number of pyridine rings is 1. The smallest absolute Gasteiger partial charge is 0.128 e. The first-order valence-corrected chi connectivity index (χ1v) is 6.38. The van der Waals surface area contributed by atoms with Crippen LogP contribution in [0.5, 0.6) is 0 Å². The van der Waals surface area contributed by atoms with Gasteiger partial charge in [0.25, 0.3) is 0 Å². The fourth-order valence-electron chi connectivity index (χ4n) is 2.56. The minimum atomic E-state index is 0.514. The molecule has 1 fully saturated rings. The van der Waals surface area contributed by atoms with Gasteiger partial charge in [-0.05, 0) is 11.6 Å². The summed E-state index contributed by atoms with van der Waals surface area (Å²) in [6, 6.07) is 4.36. The van der Waals surface area contributed by atoms with Gasteiger partial charge in [-0.3, -0.25) is 0 Å². The van der Waals surface area contributed by atoms with Crippen molar-refractivity contribution in [2.75, 3.05) is 37.7 Å². The van der Waals surface area contributed by atoms with E-state index < -0.39 is 0 Å². The Morgan fingerprint density at radius 2 is 2.18 bits per heavy atom. The fourth-order valence-corrected chi connectivity index (χ4v) is 2.56. The summed E-state index contributed by atoms with van der Waals surface area (Å²) < 4.78 is 5.38. The van der Waals surface area contributed by atoms with Crippen LogP contribution in [0.4, 0.5) is 5.82 Å². The van der Waals surface area contributed by atoms with Crippen LogP contribution in [-0.2, 0) is 11.3 Å². The molecule has 0 bridgehead atoms. The fraction of sp³-hybridized carbons (Fsp3) is 0.615. The van der Waals surface area contributed by atoms with Crippen LogP contribution in [0.1, 0.15) is 24.1 Å². The maximum Gasteiger partial charge on any atom is 0.128 e. The van der Waals surface area contributed by atoms with E-state index in [-0.39, 0.29) is 0 Å². The predicted molar refractivity (Wildman–Crippen MR) is 67.4 cm³/mol. The molecule has 17 heavy (non-hydrogen) atoms. The van der Waals surface area contributed by atoms with Gasteiger partial charge in [0.2, 0.25) is 0 Å². The Kier molecular flexibility index (Phi) is 2.99. The summed E-state index contributed by atoms with van der Waals surface area (Å²) in [5.41, 5.74) is 2.62. The number of hydrogen-bond acceptors (Lipinski definition) is 4. The highest BCUT2D eigenvalue weighted by Gasteiger charge is 2.20. The van der Waals surface area contributed by atoms with Crippen LogP contribution in [0.25, 0.3) is 0 Å². The summed E-state index contributed by atoms with van der Waals surface area (Å²) in [6.07, 6.45) is 0. The van der Waals surface area contributed by atoms with Crippen molar-refractivity contribution < 1.29 is 4.74 Å². The average molecular weight is 233 g/mol. The van der Waals surface area contributed by atoms with Gasteiger partial charge in [0.1, 0.15) is 5.82 Å². The minimum Gasteiger partial charge on any atom is -0.378 e. The minimum absolute atomic E-state index is 0.514. The molecule has 4 nitrogen and oxygen atoms in total. The number of hydrogen-bond donors (Lipinski definition) is 1. The molecule has 3 rings (SSSR count). The van der Waals surface area contributed by atoms with Gasteiger partial charge in [-0.25, -0.2) is 4.98 Å². The summed E-state index contributed by atoms with van der Waals surface area (Å²) in [5.74, 6) is 1.63. The number of nitrogens with one attached hydrogen (secondary N) is 1. The molecule has 3 heterocycles. The van der Waals surface area contributed by atoms with Gasteiger partial charge in [0, 0.05) is 32.1 Å². The lowest BCUT2D eigenvalue weighted by Crippen LogP contribution is -2.37. The zero-order valence-electron chi connectivity index (χ0n) is 10.3. The largest absolute Gasteiger partial charge is 0.378 e. The third kappa shape index (κ3) is 2.15. The van der Waals surface area contributed by atoms with E-state index in [9.17, 15) is 0 Å². The van der Waals surface area contributed by atoms with Crippen LogP contribution in [-0.4, -0.2) is 37.8 Å². The molecule has 1 saturated heterocycles. The van der Waals surface area contributed by atoms with Gasteiger partial charge in [-0.2, -0.15) is 0 Å². The molecule has 1 aromatic heterocycles. The van der Waals surface area contributed by atoms with Crippen molar-refractivity contribution >= 4 is 5.82 Å². The Hall–Kier alpha value is -1.13. The van der Waals surface area contributed by atoms with Gasteiger partial charge in [0.15, 0.2) is 0 Å². The number of morpholine rings is 1. The van der Waals surface area contributed by atoms with E-state index in [0.29, 0.717) is 5.92 Å². The van der Waals surface area contributed by atoms with Crippen LogP contribution in [0, 0.1) is 0 Å². The molecular formula is C13H19N3O. The highest BCUT2D eigenvalue weighted by atomic mass is 16.5. The molecule has 0 radical (unpaired) electrons. The van der Waals surface area contributed by atoms with E-state index in [1.165, 1.54) is 11.3 Å². The molecule has 2 aliphatic heterocycles. The van der Waals surface area contributed by atoms with Crippen molar-refractivity contribution in [2.24, 2.45) is 0 Å². The number of anilines is 1. The topological polar surface area (TPSA) is 37.4 Å². The number of fused-ring (bicyclic) bond motifs is 1. The lowest BCUT2D eigenvalue weighted by atomic mass is 9.98. The first-order chi connectivity index (χ1) is 8.34. The third-order valence-corrected chi connectivity index (χ3v) is 3.57. The van der Waals surface area contributed by atoms with E-state index in [4.69, 9.17) is 9.72 Å². The van der Waals surface area contributed by atoms with Crippen molar-refractivity contribution in [3.05, 3.63) is 23.4 Å². The number of nitrogens with zero attached hydrogens (tertiary/aromatic N) is 2. The number of aromatic nitrogens is 1. The van der Waals surface area contributed by atoms with Crippen LogP contribution >= 0.6 is 0 Å². The van der Waals surface area contributed by atoms with E-state index in [0.717, 1.165) is 45.2 Å². The van der Waals surface area contributed by atoms with Crippen molar-refractivity contribution in [3.8, 4) is 0 Å². The molecule has 0 unspecified atom stereocenters. The standard InChI is InChI=1S/C13H19N3O/c1-10-8-14-9-11-2-3-12(15-13(10)11)16-4-6-17-7-5-16/h2-3,10,14H,4-9H2,1H3/t10-/m0/s1. The van der Waals surface area contributed by atoms with Crippen LogP contribution in [0.3, 0.4) is 0 Å². The zero-order chi connectivity index (χ0) is 11.7. The molecule has 92 valence electrons. The molecule has 0 spiro atoms. The molecule has 2 aliphatic rings. The van der Waals surface area contributed by atoms with Gasteiger partial charge in [-0.1, -0.05) is 13.0 Å². The lowest BCUT2D eigenvalue weighted by Gasteiger charge is -2.30. The summed E-state index contributed by atoms with van der Waals surface area (Å²) in [4.78, 5) is 7.17. The Morgan fingerprint density at radius 1 is 1.35 bits per heavy atom.